The molecule has 0 bridgehead atoms. The molecule has 0 spiro atoms. The zero-order chi connectivity index (χ0) is 16.7. The minimum atomic E-state index is -1.47. The number of hydrogen-bond donors (Lipinski definition) is 0. The van der Waals surface area contributed by atoms with Crippen molar-refractivity contribution in [1.82, 2.24) is 0 Å². The van der Waals surface area contributed by atoms with Gasteiger partial charge in [0.1, 0.15) is 0 Å². The molecular formula is C18H36Si3. The molecule has 0 N–H and O–H groups in total. The second kappa shape index (κ2) is 5.82. The van der Waals surface area contributed by atoms with E-state index in [2.05, 4.69) is 96.9 Å². The Morgan fingerprint density at radius 3 is 1.52 bits per heavy atom. The molecule has 0 radical (unpaired) electrons. The Labute approximate surface area is 136 Å². The lowest BCUT2D eigenvalue weighted by molar-refractivity contribution is 0.716. The highest BCUT2D eigenvalue weighted by Gasteiger charge is 2.54. The van der Waals surface area contributed by atoms with Gasteiger partial charge in [-0.1, -0.05) is 102 Å². The van der Waals surface area contributed by atoms with E-state index >= 15 is 0 Å². The molecule has 0 aliphatic carbocycles. The van der Waals surface area contributed by atoms with Crippen molar-refractivity contribution in [3.63, 3.8) is 0 Å². The summed E-state index contributed by atoms with van der Waals surface area (Å²) < 4.78 is 0. The third kappa shape index (κ3) is 3.80. The third-order valence-electron chi connectivity index (χ3n) is 5.76. The Bertz CT molecular complexity index is 461. The monoisotopic (exact) mass is 336 g/mol. The van der Waals surface area contributed by atoms with Crippen molar-refractivity contribution in [1.29, 1.82) is 0 Å². The minimum Gasteiger partial charge on any atom is -0.0697 e. The number of rotatable bonds is 4. The summed E-state index contributed by atoms with van der Waals surface area (Å²) in [6, 6.07) is 11.4. The second-order valence-corrected chi connectivity index (χ2v) is 27.0. The lowest BCUT2D eigenvalue weighted by Gasteiger charge is -2.54. The number of benzene rings is 1. The van der Waals surface area contributed by atoms with E-state index in [9.17, 15) is 0 Å². The van der Waals surface area contributed by atoms with Crippen LogP contribution in [0.1, 0.15) is 20.8 Å². The molecular weight excluding hydrogens is 300 g/mol. The lowest BCUT2D eigenvalue weighted by atomic mass is 10.2. The molecule has 1 atom stereocenters. The fourth-order valence-corrected chi connectivity index (χ4v) is 34.9. The Kier molecular flexibility index (Phi) is 5.24. The average molecular weight is 337 g/mol. The lowest BCUT2D eigenvalue weighted by Crippen LogP contribution is -2.65. The van der Waals surface area contributed by atoms with E-state index in [-0.39, 0.29) is 0 Å². The van der Waals surface area contributed by atoms with Gasteiger partial charge in [-0.05, 0) is 9.83 Å². The van der Waals surface area contributed by atoms with Gasteiger partial charge in [-0.25, -0.2) is 0 Å². The van der Waals surface area contributed by atoms with E-state index in [1.165, 1.54) is 0 Å². The first-order chi connectivity index (χ1) is 9.22. The van der Waals surface area contributed by atoms with Crippen molar-refractivity contribution in [2.75, 3.05) is 0 Å². The van der Waals surface area contributed by atoms with E-state index in [0.29, 0.717) is 5.04 Å². The van der Waals surface area contributed by atoms with Crippen LogP contribution in [0, 0.1) is 0 Å². The maximum atomic E-state index is 2.66. The van der Waals surface area contributed by atoms with Crippen LogP contribution in [0.15, 0.2) is 30.3 Å². The summed E-state index contributed by atoms with van der Waals surface area (Å²) in [6.45, 7) is 25.9. The van der Waals surface area contributed by atoms with E-state index in [1.807, 2.05) is 0 Å². The molecule has 0 saturated heterocycles. The summed E-state index contributed by atoms with van der Waals surface area (Å²) in [5.41, 5.74) is 0. The summed E-state index contributed by atoms with van der Waals surface area (Å²) in [4.78, 5) is 0.986. The Balaban J connectivity index is 3.47. The first-order valence-electron chi connectivity index (χ1n) is 8.28. The van der Waals surface area contributed by atoms with Crippen LogP contribution < -0.4 is 5.19 Å². The summed E-state index contributed by atoms with van der Waals surface area (Å²) in [6.07, 6.45) is 0. The van der Waals surface area contributed by atoms with Gasteiger partial charge in [-0.15, -0.1) is 0 Å². The van der Waals surface area contributed by atoms with Gasteiger partial charge >= 0.3 is 0 Å². The average Bonchev–Trinajstić information content (AvgIpc) is 2.25. The molecule has 1 rings (SSSR count). The van der Waals surface area contributed by atoms with Crippen molar-refractivity contribution < 1.29 is 0 Å². The molecule has 21 heavy (non-hydrogen) atoms. The second-order valence-electron chi connectivity index (χ2n) is 9.86. The standard InChI is InChI=1S/C18H36Si3/c1-18(2,3)21(9,10)17(19(4,5)6)20(7,8)16-14-12-11-13-15-16/h11-15,17H,1-10H3. The largest absolute Gasteiger partial charge is 0.0785 e. The molecule has 0 aliphatic heterocycles. The van der Waals surface area contributed by atoms with Gasteiger partial charge in [0.2, 0.25) is 0 Å². The summed E-state index contributed by atoms with van der Waals surface area (Å²) in [5.74, 6) is 0. The topological polar surface area (TPSA) is 0 Å². The molecule has 0 heterocycles. The molecule has 0 saturated carbocycles. The summed E-state index contributed by atoms with van der Waals surface area (Å²) in [5, 5.41) is 2.12. The maximum absolute atomic E-state index is 2.66. The molecule has 120 valence electrons. The van der Waals surface area contributed by atoms with Gasteiger partial charge in [0.25, 0.3) is 0 Å². The number of hydrogen-bond acceptors (Lipinski definition) is 0. The predicted octanol–water partition coefficient (Wildman–Crippen LogP) is 5.90. The van der Waals surface area contributed by atoms with Crippen molar-refractivity contribution in [3.05, 3.63) is 30.3 Å². The maximum Gasteiger partial charge on any atom is 0.0785 e. The summed E-state index contributed by atoms with van der Waals surface area (Å²) >= 11 is 0. The molecule has 0 fully saturated rings. The first-order valence-corrected chi connectivity index (χ1v) is 18.0. The zero-order valence-corrected chi connectivity index (χ0v) is 19.0. The van der Waals surface area contributed by atoms with Gasteiger partial charge in [-0.3, -0.25) is 0 Å². The van der Waals surface area contributed by atoms with Crippen molar-refractivity contribution in [3.8, 4) is 0 Å². The molecule has 1 unspecified atom stereocenters. The van der Waals surface area contributed by atoms with Crippen LogP contribution in [0.4, 0.5) is 0 Å². The van der Waals surface area contributed by atoms with Gasteiger partial charge in [-0.2, -0.15) is 0 Å². The van der Waals surface area contributed by atoms with Gasteiger partial charge < -0.3 is 0 Å². The van der Waals surface area contributed by atoms with Gasteiger partial charge in [0, 0.05) is 8.07 Å². The fourth-order valence-electron chi connectivity index (χ4n) is 4.53. The fraction of sp³-hybridized carbons (Fsp3) is 0.667. The highest BCUT2D eigenvalue weighted by atomic mass is 28.5. The van der Waals surface area contributed by atoms with Gasteiger partial charge in [0.05, 0.1) is 16.1 Å². The van der Waals surface area contributed by atoms with E-state index in [4.69, 9.17) is 0 Å². The van der Waals surface area contributed by atoms with Crippen LogP contribution in [-0.2, 0) is 0 Å². The van der Waals surface area contributed by atoms with Crippen LogP contribution in [-0.4, -0.2) is 24.2 Å². The third-order valence-corrected chi connectivity index (χ3v) is 29.9. The van der Waals surface area contributed by atoms with E-state index in [0.717, 1.165) is 4.79 Å². The summed E-state index contributed by atoms with van der Waals surface area (Å²) in [7, 11) is -4.06. The smallest absolute Gasteiger partial charge is 0.0697 e. The molecule has 0 aromatic heterocycles. The minimum absolute atomic E-state index is 0.469. The van der Waals surface area contributed by atoms with E-state index in [1.54, 1.807) is 5.19 Å². The van der Waals surface area contributed by atoms with Crippen LogP contribution in [0.2, 0.25) is 55.7 Å². The van der Waals surface area contributed by atoms with Crippen LogP contribution in [0.25, 0.3) is 0 Å². The normalized spacial score (nSPS) is 15.9. The predicted molar refractivity (Wildman–Crippen MR) is 108 cm³/mol. The van der Waals surface area contributed by atoms with Crippen molar-refractivity contribution >= 4 is 29.4 Å². The molecule has 1 aromatic rings. The highest BCUT2D eigenvalue weighted by Crippen LogP contribution is 2.50. The Morgan fingerprint density at radius 2 is 1.19 bits per heavy atom. The SMILES string of the molecule is CC(C)(C)[Si](C)(C)C([Si](C)(C)C)[Si](C)(C)c1ccccc1. The van der Waals surface area contributed by atoms with Crippen LogP contribution in [0.5, 0.6) is 0 Å². The molecule has 3 heteroatoms. The molecule has 1 aromatic carbocycles. The van der Waals surface area contributed by atoms with Crippen molar-refractivity contribution in [2.24, 2.45) is 0 Å². The Hall–Kier alpha value is -0.129. The van der Waals surface area contributed by atoms with Gasteiger partial charge in [0.15, 0.2) is 0 Å². The molecule has 0 nitrogen and oxygen atoms in total. The first kappa shape index (κ1) is 18.9. The molecule has 0 amide bonds. The molecule has 0 aliphatic rings. The van der Waals surface area contributed by atoms with Crippen LogP contribution in [0.3, 0.4) is 0 Å². The van der Waals surface area contributed by atoms with E-state index < -0.39 is 24.2 Å². The Morgan fingerprint density at radius 1 is 0.762 bits per heavy atom. The van der Waals surface area contributed by atoms with Crippen molar-refractivity contribution in [2.45, 2.75) is 76.4 Å². The van der Waals surface area contributed by atoms with Crippen LogP contribution >= 0.6 is 0 Å². The quantitative estimate of drug-likeness (QED) is 0.601. The zero-order valence-electron chi connectivity index (χ0n) is 16.0. The highest BCUT2D eigenvalue weighted by molar-refractivity contribution is 7.17.